The van der Waals surface area contributed by atoms with Crippen molar-refractivity contribution in [1.29, 1.82) is 0 Å². The second-order valence-corrected chi connectivity index (χ2v) is 4.70. The third kappa shape index (κ3) is 3.72. The molecule has 0 saturated heterocycles. The highest BCUT2D eigenvalue weighted by Crippen LogP contribution is 2.32. The van der Waals surface area contributed by atoms with E-state index in [1.54, 1.807) is 19.3 Å². The Bertz CT molecular complexity index is 780. The molecule has 0 heterocycles. The molecule has 0 radical (unpaired) electrons. The van der Waals surface area contributed by atoms with E-state index in [1.807, 2.05) is 36.3 Å². The maximum atomic E-state index is 11.7. The number of Topliss-reactive ketones (excluding diaryl/α,β-unsaturated/α-hetero) is 1. The van der Waals surface area contributed by atoms with Gasteiger partial charge in [0.05, 0.1) is 19.8 Å². The van der Waals surface area contributed by atoms with Gasteiger partial charge in [0.1, 0.15) is 5.75 Å². The monoisotopic (exact) mass is 308 g/mol. The molecule has 116 valence electrons. The van der Waals surface area contributed by atoms with E-state index in [0.717, 1.165) is 11.3 Å². The number of hydrogen-bond acceptors (Lipinski definition) is 4. The minimum atomic E-state index is -0.597. The van der Waals surface area contributed by atoms with Crippen molar-refractivity contribution in [3.63, 3.8) is 0 Å². The van der Waals surface area contributed by atoms with Crippen molar-refractivity contribution < 1.29 is 19.4 Å². The maximum absolute atomic E-state index is 11.7. The van der Waals surface area contributed by atoms with Crippen molar-refractivity contribution in [1.82, 2.24) is 0 Å². The third-order valence-corrected chi connectivity index (χ3v) is 3.28. The predicted molar refractivity (Wildman–Crippen MR) is 89.7 cm³/mol. The molecular formula is C19H16O4. The Hall–Kier alpha value is -3.19. The van der Waals surface area contributed by atoms with Crippen molar-refractivity contribution in [2.24, 2.45) is 0 Å². The molecular weight excluding hydrogens is 292 g/mol. The normalized spacial score (nSPS) is 10.3. The van der Waals surface area contributed by atoms with Crippen molar-refractivity contribution in [2.75, 3.05) is 14.2 Å². The largest absolute Gasteiger partial charge is 0.504 e. The SMILES string of the molecule is C#CC(=O)c1cc(/C=C/c2ccc(OC)cc2)cc(OC)c1O. The highest BCUT2D eigenvalue weighted by atomic mass is 16.5. The summed E-state index contributed by atoms with van der Waals surface area (Å²) >= 11 is 0. The Labute approximate surface area is 135 Å². The lowest BCUT2D eigenvalue weighted by Crippen LogP contribution is -1.98. The number of ether oxygens (including phenoxy) is 2. The number of terminal acetylenes is 1. The Balaban J connectivity index is 2.37. The number of phenolic OH excluding ortho intramolecular Hbond substituents is 1. The number of aromatic hydroxyl groups is 1. The second-order valence-electron chi connectivity index (χ2n) is 4.70. The Morgan fingerprint density at radius 2 is 1.74 bits per heavy atom. The van der Waals surface area contributed by atoms with Crippen molar-refractivity contribution in [3.05, 3.63) is 53.1 Å². The summed E-state index contributed by atoms with van der Waals surface area (Å²) in [5.41, 5.74) is 1.69. The fourth-order valence-corrected chi connectivity index (χ4v) is 2.04. The molecule has 0 unspecified atom stereocenters. The van der Waals surface area contributed by atoms with E-state index in [-0.39, 0.29) is 17.1 Å². The zero-order valence-electron chi connectivity index (χ0n) is 12.9. The lowest BCUT2D eigenvalue weighted by molar-refractivity contribution is 0.105. The van der Waals surface area contributed by atoms with Crippen LogP contribution in [0.3, 0.4) is 0 Å². The molecule has 0 spiro atoms. The van der Waals surface area contributed by atoms with Crippen LogP contribution in [0.25, 0.3) is 12.2 Å². The quantitative estimate of drug-likeness (QED) is 0.398. The van der Waals surface area contributed by atoms with Crippen LogP contribution in [-0.2, 0) is 0 Å². The van der Waals surface area contributed by atoms with E-state index in [4.69, 9.17) is 15.9 Å². The van der Waals surface area contributed by atoms with Crippen LogP contribution < -0.4 is 9.47 Å². The molecule has 4 heteroatoms. The van der Waals surface area contributed by atoms with Gasteiger partial charge in [0.2, 0.25) is 5.78 Å². The summed E-state index contributed by atoms with van der Waals surface area (Å²) in [5.74, 6) is 2.11. The van der Waals surface area contributed by atoms with E-state index < -0.39 is 5.78 Å². The molecule has 0 fully saturated rings. The second kappa shape index (κ2) is 7.19. The summed E-state index contributed by atoms with van der Waals surface area (Å²) < 4.78 is 10.2. The molecule has 0 amide bonds. The van der Waals surface area contributed by atoms with Gasteiger partial charge in [0.15, 0.2) is 11.5 Å². The molecule has 0 bridgehead atoms. The van der Waals surface area contributed by atoms with Crippen LogP contribution >= 0.6 is 0 Å². The molecule has 0 aliphatic carbocycles. The van der Waals surface area contributed by atoms with Gasteiger partial charge in [-0.15, -0.1) is 6.42 Å². The standard InChI is InChI=1S/C19H16O4/c1-4-17(20)16-11-14(12-18(23-3)19(16)21)6-5-13-7-9-15(22-2)10-8-13/h1,5-12,21H,2-3H3/b6-5+. The van der Waals surface area contributed by atoms with Crippen molar-refractivity contribution in [3.8, 4) is 29.6 Å². The third-order valence-electron chi connectivity index (χ3n) is 3.28. The molecule has 0 atom stereocenters. The van der Waals surface area contributed by atoms with Gasteiger partial charge in [0.25, 0.3) is 0 Å². The number of methoxy groups -OCH3 is 2. The molecule has 2 aromatic carbocycles. The summed E-state index contributed by atoms with van der Waals surface area (Å²) in [5, 5.41) is 9.98. The highest BCUT2D eigenvalue weighted by molar-refractivity contribution is 6.11. The minimum absolute atomic E-state index is 0.0428. The van der Waals surface area contributed by atoms with E-state index >= 15 is 0 Å². The lowest BCUT2D eigenvalue weighted by atomic mass is 10.0. The van der Waals surface area contributed by atoms with Gasteiger partial charge in [0, 0.05) is 0 Å². The Morgan fingerprint density at radius 3 is 2.30 bits per heavy atom. The van der Waals surface area contributed by atoms with Gasteiger partial charge < -0.3 is 14.6 Å². The zero-order valence-corrected chi connectivity index (χ0v) is 12.9. The summed E-state index contributed by atoms with van der Waals surface area (Å²) in [4.78, 5) is 11.7. The van der Waals surface area contributed by atoms with Crippen LogP contribution in [0.4, 0.5) is 0 Å². The van der Waals surface area contributed by atoms with Crippen LogP contribution in [0.1, 0.15) is 21.5 Å². The topological polar surface area (TPSA) is 55.8 Å². The van der Waals surface area contributed by atoms with Gasteiger partial charge in [-0.1, -0.05) is 24.3 Å². The summed E-state index contributed by atoms with van der Waals surface area (Å²) in [6.07, 6.45) is 8.80. The molecule has 0 aromatic heterocycles. The van der Waals surface area contributed by atoms with E-state index in [2.05, 4.69) is 0 Å². The molecule has 0 aliphatic heterocycles. The first-order valence-electron chi connectivity index (χ1n) is 6.83. The highest BCUT2D eigenvalue weighted by Gasteiger charge is 2.14. The molecule has 2 aromatic rings. The fourth-order valence-electron chi connectivity index (χ4n) is 2.04. The number of carbonyl (C=O) groups is 1. The summed E-state index contributed by atoms with van der Waals surface area (Å²) in [7, 11) is 3.02. The Morgan fingerprint density at radius 1 is 1.09 bits per heavy atom. The van der Waals surface area contributed by atoms with E-state index in [0.29, 0.717) is 5.56 Å². The molecule has 1 N–H and O–H groups in total. The van der Waals surface area contributed by atoms with Gasteiger partial charge in [-0.3, -0.25) is 4.79 Å². The van der Waals surface area contributed by atoms with Gasteiger partial charge >= 0.3 is 0 Å². The number of benzene rings is 2. The lowest BCUT2D eigenvalue weighted by Gasteiger charge is -2.08. The number of hydrogen-bond donors (Lipinski definition) is 1. The predicted octanol–water partition coefficient (Wildman–Crippen LogP) is 3.40. The van der Waals surface area contributed by atoms with Gasteiger partial charge in [-0.05, 0) is 41.3 Å². The molecule has 23 heavy (non-hydrogen) atoms. The zero-order chi connectivity index (χ0) is 16.8. The molecule has 0 aliphatic rings. The van der Waals surface area contributed by atoms with E-state index in [9.17, 15) is 9.90 Å². The van der Waals surface area contributed by atoms with Crippen LogP contribution in [0.5, 0.6) is 17.2 Å². The van der Waals surface area contributed by atoms with Gasteiger partial charge in [-0.25, -0.2) is 0 Å². The molecule has 2 rings (SSSR count). The Kier molecular flexibility index (Phi) is 5.06. The molecule has 4 nitrogen and oxygen atoms in total. The van der Waals surface area contributed by atoms with Crippen molar-refractivity contribution >= 4 is 17.9 Å². The molecule has 0 saturated carbocycles. The first kappa shape index (κ1) is 16.2. The first-order valence-corrected chi connectivity index (χ1v) is 6.83. The summed E-state index contributed by atoms with van der Waals surface area (Å²) in [6.45, 7) is 0. The first-order chi connectivity index (χ1) is 11.1. The van der Waals surface area contributed by atoms with E-state index in [1.165, 1.54) is 13.2 Å². The van der Waals surface area contributed by atoms with Crippen LogP contribution in [-0.4, -0.2) is 25.1 Å². The van der Waals surface area contributed by atoms with Crippen LogP contribution in [0.15, 0.2) is 36.4 Å². The van der Waals surface area contributed by atoms with Crippen molar-refractivity contribution in [2.45, 2.75) is 0 Å². The average molecular weight is 308 g/mol. The number of ketones is 1. The number of rotatable bonds is 5. The van der Waals surface area contributed by atoms with Crippen LogP contribution in [0, 0.1) is 12.3 Å². The fraction of sp³-hybridized carbons (Fsp3) is 0.105. The maximum Gasteiger partial charge on any atom is 0.239 e. The smallest absolute Gasteiger partial charge is 0.239 e. The number of phenols is 1. The summed E-state index contributed by atoms with van der Waals surface area (Å²) in [6, 6.07) is 10.7. The van der Waals surface area contributed by atoms with Crippen LogP contribution in [0.2, 0.25) is 0 Å². The minimum Gasteiger partial charge on any atom is -0.504 e. The average Bonchev–Trinajstić information content (AvgIpc) is 2.60. The number of carbonyl (C=O) groups excluding carboxylic acids is 1. The van der Waals surface area contributed by atoms with Gasteiger partial charge in [-0.2, -0.15) is 0 Å².